The Balaban J connectivity index is 2.51. The number of hydrogen-bond acceptors (Lipinski definition) is 11. The molecule has 0 aromatic carbocycles. The van der Waals surface area contributed by atoms with Gasteiger partial charge in [-0.2, -0.15) is 0 Å². The number of allylic oxidation sites excluding steroid dienone is 1. The quantitative estimate of drug-likeness (QED) is 0.0159. The molecule has 0 aromatic rings. The second-order valence-corrected chi connectivity index (χ2v) is 19.6. The Morgan fingerprint density at radius 3 is 1.32 bits per heavy atom. The highest BCUT2D eigenvalue weighted by molar-refractivity contribution is 7.47. The van der Waals surface area contributed by atoms with Gasteiger partial charge in [0.05, 0.1) is 31.3 Å². The second-order valence-electron chi connectivity index (χ2n) is 18.2. The molecule has 1 fully saturated rings. The average molecular weight is 908 g/mol. The van der Waals surface area contributed by atoms with Crippen molar-refractivity contribution in [1.82, 2.24) is 5.32 Å². The van der Waals surface area contributed by atoms with E-state index in [1.807, 2.05) is 0 Å². The molecular weight excluding hydrogens is 813 g/mol. The summed E-state index contributed by atoms with van der Waals surface area (Å²) in [6.07, 6.45) is 27.2. The minimum Gasteiger partial charge on any atom is -0.393 e. The molecule has 1 aliphatic rings. The summed E-state index contributed by atoms with van der Waals surface area (Å²) in [5, 5.41) is 74.6. The Bertz CT molecular complexity index is 1120. The number of phosphoric ester groups is 1. The van der Waals surface area contributed by atoms with Crippen molar-refractivity contribution in [1.29, 1.82) is 0 Å². The molecule has 9 N–H and O–H groups in total. The summed E-state index contributed by atoms with van der Waals surface area (Å²) >= 11 is 0. The van der Waals surface area contributed by atoms with Crippen LogP contribution in [0.2, 0.25) is 0 Å². The first kappa shape index (κ1) is 59.1. The Kier molecular flexibility index (Phi) is 36.4. The average Bonchev–Trinajstić information content (AvgIpc) is 3.24. The summed E-state index contributed by atoms with van der Waals surface area (Å²) in [6, 6.07) is -1.24. The van der Waals surface area contributed by atoms with Gasteiger partial charge in [0.25, 0.3) is 0 Å². The van der Waals surface area contributed by atoms with Crippen molar-refractivity contribution in [3.8, 4) is 0 Å². The van der Waals surface area contributed by atoms with Gasteiger partial charge in [-0.15, -0.1) is 0 Å². The van der Waals surface area contributed by atoms with Gasteiger partial charge in [0, 0.05) is 0 Å². The molecule has 0 saturated heterocycles. The molecule has 62 heavy (non-hydrogen) atoms. The highest BCUT2D eigenvalue weighted by Crippen LogP contribution is 2.47. The van der Waals surface area contributed by atoms with Gasteiger partial charge >= 0.3 is 7.82 Å². The molecule has 0 aromatic heterocycles. The lowest BCUT2D eigenvalue weighted by molar-refractivity contribution is -0.220. The number of carbonyl (C=O) groups is 1. The maximum atomic E-state index is 13.0. The molecule has 0 heterocycles. The number of carbonyl (C=O) groups excluding carboxylic acids is 1. The number of phosphoric acid groups is 1. The van der Waals surface area contributed by atoms with E-state index in [1.54, 1.807) is 6.08 Å². The van der Waals surface area contributed by atoms with E-state index < -0.39 is 75.2 Å². The fourth-order valence-electron chi connectivity index (χ4n) is 8.24. The Morgan fingerprint density at radius 2 is 0.919 bits per heavy atom. The third kappa shape index (κ3) is 29.5. The van der Waals surface area contributed by atoms with Crippen molar-refractivity contribution in [3.05, 3.63) is 12.2 Å². The number of aliphatic hydroxyl groups is 7. The number of unbranched alkanes of at least 4 members (excludes halogenated alkanes) is 29. The summed E-state index contributed by atoms with van der Waals surface area (Å²) < 4.78 is 22.9. The number of amides is 1. The predicted molar refractivity (Wildman–Crippen MR) is 247 cm³/mol. The molecule has 1 aliphatic carbocycles. The van der Waals surface area contributed by atoms with E-state index in [0.717, 1.165) is 44.9 Å². The van der Waals surface area contributed by atoms with E-state index in [2.05, 4.69) is 19.2 Å². The van der Waals surface area contributed by atoms with E-state index >= 15 is 0 Å². The molecule has 1 amide bonds. The molecule has 368 valence electrons. The van der Waals surface area contributed by atoms with Gasteiger partial charge in [-0.3, -0.25) is 13.8 Å². The van der Waals surface area contributed by atoms with Crippen LogP contribution in [0.25, 0.3) is 0 Å². The highest BCUT2D eigenvalue weighted by atomic mass is 31.2. The first-order valence-corrected chi connectivity index (χ1v) is 26.7. The summed E-state index contributed by atoms with van der Waals surface area (Å²) in [5.41, 5.74) is 0. The van der Waals surface area contributed by atoms with Crippen LogP contribution in [0.3, 0.4) is 0 Å². The van der Waals surface area contributed by atoms with Crippen LogP contribution in [0.5, 0.6) is 0 Å². The van der Waals surface area contributed by atoms with Crippen LogP contribution >= 0.6 is 7.82 Å². The first-order chi connectivity index (χ1) is 29.8. The minimum absolute atomic E-state index is 0.240. The number of rotatable bonds is 42. The maximum absolute atomic E-state index is 13.0. The first-order valence-electron chi connectivity index (χ1n) is 25.2. The summed E-state index contributed by atoms with van der Waals surface area (Å²) in [4.78, 5) is 23.5. The van der Waals surface area contributed by atoms with Crippen LogP contribution in [-0.2, 0) is 18.4 Å². The van der Waals surface area contributed by atoms with Crippen molar-refractivity contribution in [3.63, 3.8) is 0 Å². The largest absolute Gasteiger partial charge is 0.472 e. The Morgan fingerprint density at radius 1 is 0.565 bits per heavy atom. The third-order valence-corrected chi connectivity index (χ3v) is 13.4. The lowest BCUT2D eigenvalue weighted by Crippen LogP contribution is -2.64. The van der Waals surface area contributed by atoms with Gasteiger partial charge < -0.3 is 46.0 Å². The van der Waals surface area contributed by atoms with Crippen LogP contribution in [-0.4, -0.2) is 108 Å². The van der Waals surface area contributed by atoms with Crippen molar-refractivity contribution in [2.24, 2.45) is 0 Å². The summed E-state index contributed by atoms with van der Waals surface area (Å²) in [6.45, 7) is 3.76. The minimum atomic E-state index is -5.14. The monoisotopic (exact) mass is 908 g/mol. The van der Waals surface area contributed by atoms with Crippen LogP contribution < -0.4 is 5.32 Å². The van der Waals surface area contributed by atoms with Gasteiger partial charge in [0.15, 0.2) is 0 Å². The molecule has 8 atom stereocenters. The zero-order valence-corrected chi connectivity index (χ0v) is 39.9. The molecule has 0 radical (unpaired) electrons. The topological polar surface area (TPSA) is 226 Å². The van der Waals surface area contributed by atoms with Crippen molar-refractivity contribution in [2.75, 3.05) is 6.61 Å². The summed E-state index contributed by atoms with van der Waals surface area (Å²) in [7, 11) is -5.14. The Hall–Kier alpha value is -0.960. The maximum Gasteiger partial charge on any atom is 0.472 e. The number of aliphatic hydroxyl groups excluding tert-OH is 7. The third-order valence-electron chi connectivity index (χ3n) is 12.4. The normalized spacial score (nSPS) is 23.1. The van der Waals surface area contributed by atoms with Gasteiger partial charge in [0.1, 0.15) is 36.6 Å². The zero-order valence-electron chi connectivity index (χ0n) is 39.1. The molecule has 0 spiro atoms. The van der Waals surface area contributed by atoms with Crippen LogP contribution in [0.4, 0.5) is 0 Å². The number of nitrogens with one attached hydrogen (secondary N) is 1. The van der Waals surface area contributed by atoms with E-state index in [1.165, 1.54) is 154 Å². The molecule has 14 heteroatoms. The van der Waals surface area contributed by atoms with Gasteiger partial charge in [-0.05, 0) is 19.3 Å². The standard InChI is InChI=1S/C48H94NO12P/c1-3-5-7-9-11-13-15-17-19-20-21-22-24-26-28-30-32-34-36-41(51)40(38-60-62(58,59)61-48-46(56)44(54)43(53)45(55)47(48)57)49-42(52)37-39(50)35-33-31-29-27-25-23-18-16-14-12-10-8-6-4-2/h34,36,39-41,43-48,50-51,53-57H,3-33,35,37-38H2,1-2H3,(H,49,52)(H,58,59)/b36-34+. The lowest BCUT2D eigenvalue weighted by Gasteiger charge is -2.41. The van der Waals surface area contributed by atoms with Crippen LogP contribution in [0, 0.1) is 0 Å². The van der Waals surface area contributed by atoms with E-state index in [4.69, 9.17) is 9.05 Å². The predicted octanol–water partition coefficient (Wildman–Crippen LogP) is 8.98. The molecule has 8 unspecified atom stereocenters. The number of hydrogen-bond donors (Lipinski definition) is 9. The van der Waals surface area contributed by atoms with Gasteiger partial charge in [-0.25, -0.2) is 4.57 Å². The molecule has 1 rings (SSSR count). The fourth-order valence-corrected chi connectivity index (χ4v) is 9.21. The zero-order chi connectivity index (χ0) is 45.9. The van der Waals surface area contributed by atoms with E-state index in [0.29, 0.717) is 12.8 Å². The SMILES string of the molecule is CCCCCCCCCCCCCCCCCC/C=C/C(O)C(COP(=O)(O)OC1C(O)C(O)C(O)C(O)C1O)NC(=O)CC(O)CCCCCCCCCCCCCCCC. The van der Waals surface area contributed by atoms with Crippen molar-refractivity contribution in [2.45, 2.75) is 281 Å². The molecular formula is C48H94NO12P. The Labute approximate surface area is 376 Å². The molecule has 13 nitrogen and oxygen atoms in total. The van der Waals surface area contributed by atoms with Gasteiger partial charge in [-0.1, -0.05) is 212 Å². The van der Waals surface area contributed by atoms with Gasteiger partial charge in [0.2, 0.25) is 5.91 Å². The van der Waals surface area contributed by atoms with E-state index in [-0.39, 0.29) is 6.42 Å². The molecule has 1 saturated carbocycles. The van der Waals surface area contributed by atoms with Crippen molar-refractivity contribution >= 4 is 13.7 Å². The molecule has 0 bridgehead atoms. The van der Waals surface area contributed by atoms with Crippen LogP contribution in [0.1, 0.15) is 226 Å². The van der Waals surface area contributed by atoms with E-state index in [9.17, 15) is 50.0 Å². The molecule has 0 aliphatic heterocycles. The highest BCUT2D eigenvalue weighted by Gasteiger charge is 2.51. The summed E-state index contributed by atoms with van der Waals surface area (Å²) in [5.74, 6) is -0.589. The van der Waals surface area contributed by atoms with Crippen LogP contribution in [0.15, 0.2) is 12.2 Å². The lowest BCUT2D eigenvalue weighted by atomic mass is 9.85. The fraction of sp³-hybridized carbons (Fsp3) is 0.938. The van der Waals surface area contributed by atoms with Crippen molar-refractivity contribution < 1.29 is 59.0 Å². The smallest absolute Gasteiger partial charge is 0.393 e. The second kappa shape index (κ2) is 38.2.